The van der Waals surface area contributed by atoms with E-state index in [1.165, 1.54) is 0 Å². The average molecular weight is 60.1 g/mol. The molecule has 0 aromatic carbocycles. The van der Waals surface area contributed by atoms with E-state index >= 15 is 0 Å². The quantitative estimate of drug-likeness (QED) is 0.332. The van der Waals surface area contributed by atoms with Gasteiger partial charge in [0.1, 0.15) is 0 Å². The minimum Gasteiger partial charge on any atom is -0.214 e. The van der Waals surface area contributed by atoms with Crippen molar-refractivity contribution in [2.45, 2.75) is 0 Å². The third-order valence-electron chi connectivity index (χ3n) is 0. The smallest absolute Gasteiger partial charge is 0.214 e. The maximum absolute atomic E-state index is 4.14. The summed E-state index contributed by atoms with van der Waals surface area (Å²) >= 11 is 4.14. The summed E-state index contributed by atoms with van der Waals surface area (Å²) in [5.41, 5.74) is 0. The van der Waals surface area contributed by atoms with Crippen LogP contribution in [0.4, 0.5) is 0 Å². The molecule has 0 fully saturated rings. The van der Waals surface area contributed by atoms with E-state index in [0.717, 1.165) is 0 Å². The van der Waals surface area contributed by atoms with Crippen molar-refractivity contribution in [3.05, 3.63) is 0 Å². The fraction of sp³-hybridized carbons (Fsp3) is 0. The fourth-order valence-electron chi connectivity index (χ4n) is 0. The summed E-state index contributed by atoms with van der Waals surface area (Å²) in [7, 11) is 3.97. The molecule has 0 N–H and O–H groups in total. The first-order valence-electron chi connectivity index (χ1n) is 0.218. The van der Waals surface area contributed by atoms with Gasteiger partial charge in [-0.3, -0.25) is 0 Å². The zero-order valence-corrected chi connectivity index (χ0v) is 3.71. The van der Waals surface area contributed by atoms with Gasteiger partial charge in [0.05, 0.1) is 0 Å². The van der Waals surface area contributed by atoms with Crippen LogP contribution in [-0.4, -0.2) is 45.0 Å². The summed E-state index contributed by atoms with van der Waals surface area (Å²) in [6.07, 6.45) is 0. The third-order valence-corrected chi connectivity index (χ3v) is 0. The Hall–Kier alpha value is 1.55. The first kappa shape index (κ1) is 17.7. The Morgan fingerprint density at radius 2 is 1.00 bits per heavy atom. The molecule has 0 aromatic rings. The van der Waals surface area contributed by atoms with Gasteiger partial charge >= 0.3 is 0 Å². The van der Waals surface area contributed by atoms with Crippen molar-refractivity contribution < 1.29 is 0 Å². The maximum atomic E-state index is 4.14. The summed E-state index contributed by atoms with van der Waals surface area (Å²) in [6.45, 7) is 0. The van der Waals surface area contributed by atoms with E-state index in [4.69, 9.17) is 0 Å². The summed E-state index contributed by atoms with van der Waals surface area (Å²) < 4.78 is 0. The SMILES string of the molecule is [B]Cl.[Li].[Li]. The molecule has 0 saturated heterocycles. The normalized spacial score (nSPS) is 1.25. The van der Waals surface area contributed by atoms with Crippen molar-refractivity contribution in [2.24, 2.45) is 0 Å². The Morgan fingerprint density at radius 3 is 1.00 bits per heavy atom. The molecular weight excluding hydrogens is 60.1 g/mol. The molecule has 12 valence electrons. The van der Waals surface area contributed by atoms with E-state index in [-0.39, 0.29) is 37.7 Å². The molecule has 0 nitrogen and oxygen atoms in total. The Balaban J connectivity index is -0.00000000500. The van der Waals surface area contributed by atoms with Crippen LogP contribution >= 0.6 is 11.5 Å². The molecule has 0 aliphatic carbocycles. The second-order valence-corrected chi connectivity index (χ2v) is 0. The molecule has 4 radical (unpaired) electrons. The maximum Gasteiger partial charge on any atom is 0.214 e. The van der Waals surface area contributed by atoms with Crippen molar-refractivity contribution in [2.75, 3.05) is 0 Å². The van der Waals surface area contributed by atoms with Gasteiger partial charge < -0.3 is 0 Å². The van der Waals surface area contributed by atoms with Gasteiger partial charge in [-0.25, -0.2) is 11.5 Å². The van der Waals surface area contributed by atoms with E-state index in [0.29, 0.717) is 0 Å². The van der Waals surface area contributed by atoms with Gasteiger partial charge in [0.15, 0.2) is 0 Å². The van der Waals surface area contributed by atoms with Gasteiger partial charge in [0, 0.05) is 37.7 Å². The molecule has 0 bridgehead atoms. The monoisotopic (exact) mass is 60.0 g/mol. The summed E-state index contributed by atoms with van der Waals surface area (Å²) in [4.78, 5) is 0. The predicted octanol–water partition coefficient (Wildman–Crippen LogP) is -0.453. The summed E-state index contributed by atoms with van der Waals surface area (Å²) in [6, 6.07) is 0. The van der Waals surface area contributed by atoms with E-state index in [1.54, 1.807) is 0 Å². The summed E-state index contributed by atoms with van der Waals surface area (Å²) in [5, 5.41) is 0. The minimum absolute atomic E-state index is 0. The molecule has 0 heterocycles. The molecule has 0 aromatic heterocycles. The van der Waals surface area contributed by atoms with Crippen LogP contribution in [0.5, 0.6) is 0 Å². The van der Waals surface area contributed by atoms with Crippen LogP contribution in [0.1, 0.15) is 0 Å². The molecule has 4 heavy (non-hydrogen) atoms. The van der Waals surface area contributed by atoms with Crippen molar-refractivity contribution in [1.29, 1.82) is 0 Å². The number of rotatable bonds is 0. The topological polar surface area (TPSA) is 0 Å². The second kappa shape index (κ2) is 23.9. The molecule has 0 aliphatic rings. The van der Waals surface area contributed by atoms with Crippen LogP contribution in [0, 0.1) is 0 Å². The average Bonchev–Trinajstić information content (AvgIpc) is 1.00. The zero-order valence-electron chi connectivity index (χ0n) is 2.96. The molecular formula is BClLi2. The van der Waals surface area contributed by atoms with Crippen molar-refractivity contribution in [3.8, 4) is 0 Å². The van der Waals surface area contributed by atoms with Crippen LogP contribution in [0.3, 0.4) is 0 Å². The second-order valence-electron chi connectivity index (χ2n) is 0. The van der Waals surface area contributed by atoms with Gasteiger partial charge in [-0.15, -0.1) is 0 Å². The van der Waals surface area contributed by atoms with Gasteiger partial charge in [-0.1, -0.05) is 0 Å². The van der Waals surface area contributed by atoms with E-state index in [1.807, 2.05) is 0 Å². The fourth-order valence-corrected chi connectivity index (χ4v) is 0. The molecule has 0 unspecified atom stereocenters. The predicted molar refractivity (Wildman–Crippen MR) is 23.1 cm³/mol. The van der Waals surface area contributed by atoms with Crippen LogP contribution in [0.25, 0.3) is 0 Å². The number of hydrogen-bond acceptors (Lipinski definition) is 0. The first-order chi connectivity index (χ1) is 1.00. The number of hydrogen-bond donors (Lipinski definition) is 0. The molecule has 0 amide bonds. The van der Waals surface area contributed by atoms with Crippen LogP contribution in [-0.2, 0) is 0 Å². The van der Waals surface area contributed by atoms with Crippen LogP contribution < -0.4 is 0 Å². The molecule has 0 saturated carbocycles. The largest absolute Gasteiger partial charge is 0.214 e. The van der Waals surface area contributed by atoms with Crippen molar-refractivity contribution in [3.63, 3.8) is 0 Å². The van der Waals surface area contributed by atoms with Crippen LogP contribution in [0.15, 0.2) is 0 Å². The van der Waals surface area contributed by atoms with Crippen LogP contribution in [0.2, 0.25) is 0 Å². The third kappa shape index (κ3) is 9.61. The van der Waals surface area contributed by atoms with E-state index < -0.39 is 0 Å². The summed E-state index contributed by atoms with van der Waals surface area (Å²) in [5.74, 6) is 0. The molecule has 0 aliphatic heterocycles. The Kier molecular flexibility index (Phi) is 105. The van der Waals surface area contributed by atoms with Gasteiger partial charge in [0.2, 0.25) is 7.26 Å². The van der Waals surface area contributed by atoms with E-state index in [9.17, 15) is 0 Å². The molecule has 0 rings (SSSR count). The molecule has 0 atom stereocenters. The van der Waals surface area contributed by atoms with Gasteiger partial charge in [0.25, 0.3) is 0 Å². The van der Waals surface area contributed by atoms with Gasteiger partial charge in [-0.05, 0) is 0 Å². The molecule has 4 heteroatoms. The molecule has 0 spiro atoms. The van der Waals surface area contributed by atoms with Gasteiger partial charge in [-0.2, -0.15) is 0 Å². The zero-order chi connectivity index (χ0) is 2.00. The Morgan fingerprint density at radius 1 is 1.00 bits per heavy atom. The number of halogens is 1. The Labute approximate surface area is 56.3 Å². The van der Waals surface area contributed by atoms with E-state index in [2.05, 4.69) is 18.7 Å². The Bertz CT molecular complexity index is 6.00. The minimum atomic E-state index is 0. The standard InChI is InChI=1S/BCl.2Li/c1-2;;. The van der Waals surface area contributed by atoms with Crippen molar-refractivity contribution >= 4 is 56.4 Å². The van der Waals surface area contributed by atoms with Crippen molar-refractivity contribution in [1.82, 2.24) is 0 Å². The first-order valence-corrected chi connectivity index (χ1v) is 0.655.